The predicted octanol–water partition coefficient (Wildman–Crippen LogP) is 6.89. The largest absolute Gasteiger partial charge is 0.459 e. The van der Waals surface area contributed by atoms with Crippen LogP contribution in [-0.2, 0) is 37.3 Å². The molecule has 15 heteroatoms. The van der Waals surface area contributed by atoms with Gasteiger partial charge in [-0.3, -0.25) is 20.2 Å². The molecule has 272 valence electrons. The monoisotopic (exact) mass is 746 g/mol. The number of hydrogen-bond donors (Lipinski definition) is 1. The highest BCUT2D eigenvalue weighted by molar-refractivity contribution is 7.90. The molecule has 0 unspecified atom stereocenters. The minimum Gasteiger partial charge on any atom is -0.459 e. The number of hydrogen-bond acceptors (Lipinski definition) is 10. The SMILES string of the molecule is O=C(N[C@@H](Cc1ccccc1)C(=O)OCc1cn(S(=O)(=O)c2ccc([N+](=O)[O-])cc2)c2ccc([N+](=O)[O-])cc12)OCC1c2ccccc2-c2ccccc21. The van der Waals surface area contributed by atoms with Gasteiger partial charge in [-0.25, -0.2) is 22.0 Å². The number of nitrogens with zero attached hydrogens (tertiary/aromatic N) is 3. The molecule has 1 N–H and O–H groups in total. The number of nitro groups is 2. The molecule has 0 fully saturated rings. The van der Waals surface area contributed by atoms with Crippen LogP contribution in [0.15, 0.2) is 132 Å². The number of benzene rings is 5. The van der Waals surface area contributed by atoms with Crippen molar-refractivity contribution in [3.05, 3.63) is 170 Å². The summed E-state index contributed by atoms with van der Waals surface area (Å²) >= 11 is 0. The molecule has 1 aliphatic rings. The summed E-state index contributed by atoms with van der Waals surface area (Å²) in [5.74, 6) is -1.08. The number of ether oxygens (including phenoxy) is 2. The smallest absolute Gasteiger partial charge is 0.407 e. The Balaban J connectivity index is 1.12. The van der Waals surface area contributed by atoms with Gasteiger partial charge in [-0.05, 0) is 46.0 Å². The van der Waals surface area contributed by atoms with E-state index in [1.54, 1.807) is 30.3 Å². The van der Waals surface area contributed by atoms with Crippen molar-refractivity contribution in [2.75, 3.05) is 6.61 Å². The summed E-state index contributed by atoms with van der Waals surface area (Å²) in [6.07, 6.45) is 0.353. The summed E-state index contributed by atoms with van der Waals surface area (Å²) in [5.41, 5.74) is 4.36. The predicted molar refractivity (Wildman–Crippen MR) is 196 cm³/mol. The van der Waals surface area contributed by atoms with Crippen LogP contribution in [0.3, 0.4) is 0 Å². The topological polar surface area (TPSA) is 190 Å². The number of nitro benzene ring substituents is 2. The third-order valence-corrected chi connectivity index (χ3v) is 10.9. The van der Waals surface area contributed by atoms with E-state index >= 15 is 0 Å². The van der Waals surface area contributed by atoms with E-state index in [1.807, 2.05) is 48.5 Å². The highest BCUT2D eigenvalue weighted by Crippen LogP contribution is 2.44. The van der Waals surface area contributed by atoms with Crippen molar-refractivity contribution >= 4 is 44.4 Å². The fourth-order valence-corrected chi connectivity index (χ4v) is 8.00. The van der Waals surface area contributed by atoms with Gasteiger partial charge in [0.05, 0.1) is 20.3 Å². The Hall–Kier alpha value is -6.87. The summed E-state index contributed by atoms with van der Waals surface area (Å²) in [5, 5.41) is 25.5. The Kier molecular flexibility index (Phi) is 9.63. The van der Waals surface area contributed by atoms with E-state index in [-0.39, 0.29) is 51.7 Å². The number of nitrogens with one attached hydrogen (secondary N) is 1. The molecule has 14 nitrogen and oxygen atoms in total. The Morgan fingerprint density at radius 3 is 1.98 bits per heavy atom. The maximum absolute atomic E-state index is 13.7. The third kappa shape index (κ3) is 6.99. The lowest BCUT2D eigenvalue weighted by molar-refractivity contribution is -0.385. The minimum absolute atomic E-state index is 0.00842. The normalized spacial score (nSPS) is 12.7. The van der Waals surface area contributed by atoms with Gasteiger partial charge in [0, 0.05) is 53.8 Å². The van der Waals surface area contributed by atoms with Crippen LogP contribution in [-0.4, -0.2) is 46.9 Å². The lowest BCUT2D eigenvalue weighted by Gasteiger charge is -2.19. The second-order valence-electron chi connectivity index (χ2n) is 12.5. The van der Waals surface area contributed by atoms with Crippen molar-refractivity contribution in [3.63, 3.8) is 0 Å². The van der Waals surface area contributed by atoms with Crippen molar-refractivity contribution in [1.29, 1.82) is 0 Å². The maximum Gasteiger partial charge on any atom is 0.407 e. The first kappa shape index (κ1) is 35.5. The van der Waals surface area contributed by atoms with Crippen LogP contribution in [0, 0.1) is 20.2 Å². The van der Waals surface area contributed by atoms with Crippen molar-refractivity contribution < 1.29 is 37.3 Å². The molecule has 0 saturated carbocycles. The van der Waals surface area contributed by atoms with E-state index in [9.17, 15) is 38.2 Å². The molecule has 1 aliphatic carbocycles. The van der Waals surface area contributed by atoms with Crippen LogP contribution >= 0.6 is 0 Å². The molecule has 1 heterocycles. The molecule has 0 aliphatic heterocycles. The van der Waals surface area contributed by atoms with Gasteiger partial charge in [0.25, 0.3) is 21.4 Å². The molecule has 0 spiro atoms. The summed E-state index contributed by atoms with van der Waals surface area (Å²) in [6.45, 7) is -0.509. The van der Waals surface area contributed by atoms with Gasteiger partial charge >= 0.3 is 12.1 Å². The van der Waals surface area contributed by atoms with Gasteiger partial charge < -0.3 is 14.8 Å². The van der Waals surface area contributed by atoms with Gasteiger partial charge in [0.15, 0.2) is 0 Å². The van der Waals surface area contributed by atoms with E-state index in [1.165, 1.54) is 12.3 Å². The standard InChI is InChI=1S/C39H30N4O10S/c44-38(52-23-26-22-41(37-19-16-28(43(48)49)21-34(26)37)54(50,51)29-17-14-27(15-18-29)42(46)47)36(20-25-8-2-1-3-9-25)40-39(45)53-24-35-32-12-6-4-10-30(32)31-11-5-7-13-33(31)35/h1-19,21-22,35-36H,20,23-24H2,(H,40,45)/t36-/m0/s1. The van der Waals surface area contributed by atoms with Crippen LogP contribution in [0.2, 0.25) is 0 Å². The molecule has 1 atom stereocenters. The fourth-order valence-electron chi connectivity index (χ4n) is 6.61. The molecule has 0 radical (unpaired) electrons. The number of fused-ring (bicyclic) bond motifs is 4. The Bertz CT molecular complexity index is 2490. The minimum atomic E-state index is -4.37. The quantitative estimate of drug-likeness (QED) is 0.0784. The molecular formula is C39H30N4O10S. The number of amides is 1. The number of esters is 1. The van der Waals surface area contributed by atoms with Gasteiger partial charge in [-0.1, -0.05) is 78.9 Å². The van der Waals surface area contributed by atoms with Gasteiger partial charge in [-0.2, -0.15) is 0 Å². The molecule has 0 bridgehead atoms. The molecule has 7 rings (SSSR count). The summed E-state index contributed by atoms with van der Waals surface area (Å²) in [4.78, 5) is 48.1. The number of aromatic nitrogens is 1. The fraction of sp³-hybridized carbons (Fsp3) is 0.128. The molecule has 5 aromatic carbocycles. The average Bonchev–Trinajstić information content (AvgIpc) is 3.72. The highest BCUT2D eigenvalue weighted by Gasteiger charge is 2.31. The van der Waals surface area contributed by atoms with Crippen LogP contribution in [0.4, 0.5) is 16.2 Å². The van der Waals surface area contributed by atoms with Gasteiger partial charge in [0.1, 0.15) is 19.3 Å². The summed E-state index contributed by atoms with van der Waals surface area (Å²) in [7, 11) is -4.37. The first-order valence-corrected chi connectivity index (χ1v) is 18.1. The first-order chi connectivity index (χ1) is 26.0. The summed E-state index contributed by atoms with van der Waals surface area (Å²) < 4.78 is 39.6. The first-order valence-electron chi connectivity index (χ1n) is 16.6. The van der Waals surface area contributed by atoms with E-state index in [0.717, 1.165) is 62.6 Å². The maximum atomic E-state index is 13.7. The molecule has 0 saturated heterocycles. The molecule has 54 heavy (non-hydrogen) atoms. The molecule has 1 amide bonds. The molecular weight excluding hydrogens is 717 g/mol. The summed E-state index contributed by atoms with van der Waals surface area (Å²) in [6, 6.07) is 31.2. The highest BCUT2D eigenvalue weighted by atomic mass is 32.2. The number of alkyl carbamates (subject to hydrolysis) is 1. The lowest BCUT2D eigenvalue weighted by atomic mass is 9.98. The van der Waals surface area contributed by atoms with Crippen molar-refractivity contribution in [2.45, 2.75) is 29.9 Å². The molecule has 6 aromatic rings. The van der Waals surface area contributed by atoms with Gasteiger partial charge in [0.2, 0.25) is 0 Å². The lowest BCUT2D eigenvalue weighted by Crippen LogP contribution is -2.43. The zero-order chi connectivity index (χ0) is 38.0. The Morgan fingerprint density at radius 1 is 0.759 bits per heavy atom. The van der Waals surface area contributed by atoms with Crippen molar-refractivity contribution in [2.24, 2.45) is 0 Å². The van der Waals surface area contributed by atoms with Crippen molar-refractivity contribution in [1.82, 2.24) is 9.29 Å². The van der Waals surface area contributed by atoms with E-state index in [4.69, 9.17) is 9.47 Å². The molecule has 1 aromatic heterocycles. The number of rotatable bonds is 12. The van der Waals surface area contributed by atoms with Crippen LogP contribution in [0.25, 0.3) is 22.0 Å². The van der Waals surface area contributed by atoms with E-state index in [0.29, 0.717) is 5.56 Å². The second kappa shape index (κ2) is 14.6. The van der Waals surface area contributed by atoms with Crippen LogP contribution in [0.1, 0.15) is 28.2 Å². The Morgan fingerprint density at radius 2 is 1.35 bits per heavy atom. The van der Waals surface area contributed by atoms with Crippen LogP contribution in [0.5, 0.6) is 0 Å². The van der Waals surface area contributed by atoms with E-state index < -0.39 is 44.6 Å². The van der Waals surface area contributed by atoms with E-state index in [2.05, 4.69) is 5.32 Å². The second-order valence-corrected chi connectivity index (χ2v) is 14.3. The average molecular weight is 747 g/mol. The van der Waals surface area contributed by atoms with Crippen LogP contribution < -0.4 is 5.32 Å². The zero-order valence-electron chi connectivity index (χ0n) is 28.2. The number of carbonyl (C=O) groups is 2. The Labute approximate surface area is 307 Å². The zero-order valence-corrected chi connectivity index (χ0v) is 29.0. The van der Waals surface area contributed by atoms with Crippen molar-refractivity contribution in [3.8, 4) is 11.1 Å². The number of carbonyl (C=O) groups excluding carboxylic acids is 2. The third-order valence-electron chi connectivity index (χ3n) is 9.22. The number of non-ortho nitro benzene ring substituents is 2. The van der Waals surface area contributed by atoms with Gasteiger partial charge in [-0.15, -0.1) is 0 Å².